The molecule has 0 bridgehead atoms. The third-order valence-electron chi connectivity index (χ3n) is 2.25. The minimum atomic E-state index is -1.05. The van der Waals surface area contributed by atoms with Crippen LogP contribution in [0.15, 0.2) is 12.3 Å². The molecule has 2 rings (SSSR count). The molecule has 14 heavy (non-hydrogen) atoms. The zero-order chi connectivity index (χ0) is 10.1. The van der Waals surface area contributed by atoms with E-state index in [-0.39, 0.29) is 5.56 Å². The predicted molar refractivity (Wildman–Crippen MR) is 47.9 cm³/mol. The summed E-state index contributed by atoms with van der Waals surface area (Å²) in [6, 6.07) is 3.38. The standard InChI is InChI=1S/C10H8N2O2/c11-4-7-3-8(10(13)14)5-12-9(7)6-1-2-6/h3,5-6H,1-2H2,(H,13,14). The topological polar surface area (TPSA) is 74.0 Å². The Bertz CT molecular complexity index is 430. The molecule has 1 saturated carbocycles. The van der Waals surface area contributed by atoms with E-state index in [9.17, 15) is 4.79 Å². The number of hydrogen-bond acceptors (Lipinski definition) is 3. The lowest BCUT2D eigenvalue weighted by Gasteiger charge is -2.01. The van der Waals surface area contributed by atoms with E-state index in [0.29, 0.717) is 11.5 Å². The van der Waals surface area contributed by atoms with Crippen LogP contribution >= 0.6 is 0 Å². The number of rotatable bonds is 2. The lowest BCUT2D eigenvalue weighted by Crippen LogP contribution is -2.01. The second kappa shape index (κ2) is 3.11. The van der Waals surface area contributed by atoms with E-state index in [1.54, 1.807) is 0 Å². The van der Waals surface area contributed by atoms with Crippen molar-refractivity contribution >= 4 is 5.97 Å². The van der Waals surface area contributed by atoms with Gasteiger partial charge in [0.05, 0.1) is 16.8 Å². The molecule has 1 fully saturated rings. The Balaban J connectivity index is 2.45. The zero-order valence-electron chi connectivity index (χ0n) is 7.40. The summed E-state index contributed by atoms with van der Waals surface area (Å²) in [5.41, 5.74) is 1.22. The second-order valence-corrected chi connectivity index (χ2v) is 3.35. The van der Waals surface area contributed by atoms with Gasteiger partial charge in [0, 0.05) is 12.1 Å². The van der Waals surface area contributed by atoms with Crippen molar-refractivity contribution in [3.63, 3.8) is 0 Å². The van der Waals surface area contributed by atoms with Gasteiger partial charge < -0.3 is 5.11 Å². The number of aromatic carboxylic acids is 1. The molecule has 0 atom stereocenters. The molecule has 0 spiro atoms. The zero-order valence-corrected chi connectivity index (χ0v) is 7.40. The molecule has 0 radical (unpaired) electrons. The predicted octanol–water partition coefficient (Wildman–Crippen LogP) is 1.53. The lowest BCUT2D eigenvalue weighted by atomic mass is 10.1. The fraction of sp³-hybridized carbons (Fsp3) is 0.300. The van der Waals surface area contributed by atoms with Gasteiger partial charge in [-0.25, -0.2) is 4.79 Å². The first-order chi connectivity index (χ1) is 6.72. The van der Waals surface area contributed by atoms with E-state index < -0.39 is 5.97 Å². The molecular formula is C10H8N2O2. The summed E-state index contributed by atoms with van der Waals surface area (Å²) < 4.78 is 0. The fourth-order valence-corrected chi connectivity index (χ4v) is 1.36. The maximum Gasteiger partial charge on any atom is 0.337 e. The van der Waals surface area contributed by atoms with Gasteiger partial charge in [0.2, 0.25) is 0 Å². The number of carboxylic acid groups (broad SMARTS) is 1. The van der Waals surface area contributed by atoms with Crippen molar-refractivity contribution in [2.75, 3.05) is 0 Å². The molecule has 1 heterocycles. The summed E-state index contributed by atoms with van der Waals surface area (Å²) in [5.74, 6) is -0.677. The summed E-state index contributed by atoms with van der Waals surface area (Å²) in [4.78, 5) is 14.6. The van der Waals surface area contributed by atoms with Gasteiger partial charge in [0.25, 0.3) is 0 Å². The first-order valence-corrected chi connectivity index (χ1v) is 4.35. The number of carboxylic acids is 1. The van der Waals surface area contributed by atoms with Crippen molar-refractivity contribution in [2.24, 2.45) is 0 Å². The van der Waals surface area contributed by atoms with Crippen LogP contribution in [-0.2, 0) is 0 Å². The Labute approximate surface area is 80.8 Å². The molecule has 0 unspecified atom stereocenters. The second-order valence-electron chi connectivity index (χ2n) is 3.35. The molecule has 1 N–H and O–H groups in total. The molecule has 0 saturated heterocycles. The van der Waals surface area contributed by atoms with Gasteiger partial charge in [-0.05, 0) is 18.9 Å². The molecule has 0 aliphatic heterocycles. The first-order valence-electron chi connectivity index (χ1n) is 4.35. The highest BCUT2D eigenvalue weighted by molar-refractivity contribution is 5.87. The maximum absolute atomic E-state index is 10.6. The van der Waals surface area contributed by atoms with Crippen molar-refractivity contribution in [3.05, 3.63) is 29.1 Å². The monoisotopic (exact) mass is 188 g/mol. The molecule has 70 valence electrons. The van der Waals surface area contributed by atoms with Crippen molar-refractivity contribution < 1.29 is 9.90 Å². The van der Waals surface area contributed by atoms with Gasteiger partial charge in [0.15, 0.2) is 0 Å². The minimum Gasteiger partial charge on any atom is -0.478 e. The van der Waals surface area contributed by atoms with Crippen molar-refractivity contribution in [3.8, 4) is 6.07 Å². The molecule has 0 aromatic carbocycles. The molecule has 1 aromatic rings. The van der Waals surface area contributed by atoms with Crippen LogP contribution in [0.25, 0.3) is 0 Å². The van der Waals surface area contributed by atoms with Gasteiger partial charge in [-0.1, -0.05) is 0 Å². The Morgan fingerprint density at radius 1 is 1.64 bits per heavy atom. The summed E-state index contributed by atoms with van der Waals surface area (Å²) in [7, 11) is 0. The van der Waals surface area contributed by atoms with Crippen molar-refractivity contribution in [1.29, 1.82) is 5.26 Å². The molecule has 4 heteroatoms. The average Bonchev–Trinajstić information content (AvgIpc) is 3.00. The Kier molecular flexibility index (Phi) is 1.93. The van der Waals surface area contributed by atoms with E-state index in [1.165, 1.54) is 12.3 Å². The van der Waals surface area contributed by atoms with Gasteiger partial charge in [0.1, 0.15) is 6.07 Å². The van der Waals surface area contributed by atoms with E-state index in [2.05, 4.69) is 4.98 Å². The number of pyridine rings is 1. The normalized spacial score (nSPS) is 14.8. The van der Waals surface area contributed by atoms with Crippen LogP contribution in [0, 0.1) is 11.3 Å². The highest BCUT2D eigenvalue weighted by Crippen LogP contribution is 2.40. The van der Waals surface area contributed by atoms with Gasteiger partial charge in [-0.3, -0.25) is 4.98 Å². The smallest absolute Gasteiger partial charge is 0.337 e. The Hall–Kier alpha value is -1.89. The van der Waals surface area contributed by atoms with Crippen LogP contribution in [0.2, 0.25) is 0 Å². The summed E-state index contributed by atoms with van der Waals surface area (Å²) in [6.07, 6.45) is 3.42. The molecule has 1 aliphatic carbocycles. The molecule has 1 aromatic heterocycles. The van der Waals surface area contributed by atoms with Crippen LogP contribution < -0.4 is 0 Å². The highest BCUT2D eigenvalue weighted by Gasteiger charge is 2.28. The summed E-state index contributed by atoms with van der Waals surface area (Å²) in [5, 5.41) is 17.5. The van der Waals surface area contributed by atoms with Crippen LogP contribution in [0.5, 0.6) is 0 Å². The van der Waals surface area contributed by atoms with Crippen LogP contribution in [0.3, 0.4) is 0 Å². The number of nitriles is 1. The third kappa shape index (κ3) is 1.44. The van der Waals surface area contributed by atoms with Gasteiger partial charge in [-0.15, -0.1) is 0 Å². The summed E-state index contributed by atoms with van der Waals surface area (Å²) in [6.45, 7) is 0. The van der Waals surface area contributed by atoms with Gasteiger partial charge in [-0.2, -0.15) is 5.26 Å². The van der Waals surface area contributed by atoms with Crippen molar-refractivity contribution in [2.45, 2.75) is 18.8 Å². The minimum absolute atomic E-state index is 0.0750. The third-order valence-corrected chi connectivity index (χ3v) is 2.25. The largest absolute Gasteiger partial charge is 0.478 e. The first kappa shape index (κ1) is 8.70. The van der Waals surface area contributed by atoms with Gasteiger partial charge >= 0.3 is 5.97 Å². The SMILES string of the molecule is N#Cc1cc(C(=O)O)cnc1C1CC1. The Morgan fingerprint density at radius 2 is 2.36 bits per heavy atom. The summed E-state index contributed by atoms with van der Waals surface area (Å²) >= 11 is 0. The maximum atomic E-state index is 10.6. The molecule has 4 nitrogen and oxygen atoms in total. The highest BCUT2D eigenvalue weighted by atomic mass is 16.4. The van der Waals surface area contributed by atoms with E-state index in [0.717, 1.165) is 18.5 Å². The average molecular weight is 188 g/mol. The van der Waals surface area contributed by atoms with E-state index in [1.807, 2.05) is 6.07 Å². The molecule has 1 aliphatic rings. The molecular weight excluding hydrogens is 180 g/mol. The van der Waals surface area contributed by atoms with Crippen LogP contribution in [0.1, 0.15) is 40.4 Å². The fourth-order valence-electron chi connectivity index (χ4n) is 1.36. The van der Waals surface area contributed by atoms with Crippen LogP contribution in [0.4, 0.5) is 0 Å². The number of carbonyl (C=O) groups is 1. The van der Waals surface area contributed by atoms with E-state index >= 15 is 0 Å². The van der Waals surface area contributed by atoms with Crippen LogP contribution in [-0.4, -0.2) is 16.1 Å². The van der Waals surface area contributed by atoms with E-state index in [4.69, 9.17) is 10.4 Å². The number of nitrogens with zero attached hydrogens (tertiary/aromatic N) is 2. The lowest BCUT2D eigenvalue weighted by molar-refractivity contribution is 0.0696. The molecule has 0 amide bonds. The van der Waals surface area contributed by atoms with Crippen molar-refractivity contribution in [1.82, 2.24) is 4.98 Å². The number of hydrogen-bond donors (Lipinski definition) is 1. The Morgan fingerprint density at radius 3 is 2.86 bits per heavy atom. The number of aromatic nitrogens is 1. The quantitative estimate of drug-likeness (QED) is 0.763.